The zero-order chi connectivity index (χ0) is 51.0. The topological polar surface area (TPSA) is 134 Å². The van der Waals surface area contributed by atoms with Gasteiger partial charge in [-0.2, -0.15) is 0 Å². The maximum Gasteiger partial charge on any atom is 0.344 e. The lowest BCUT2D eigenvalue weighted by Gasteiger charge is -2.63. The zero-order valence-corrected chi connectivity index (χ0v) is 33.8. The molecule has 1 saturated carbocycles. The van der Waals surface area contributed by atoms with Crippen molar-refractivity contribution in [2.24, 2.45) is 17.3 Å². The molecule has 316 valence electrons. The number of nitrogens with zero attached hydrogens (tertiary/aromatic N) is 3. The van der Waals surface area contributed by atoms with Crippen LogP contribution in [0.25, 0.3) is 10.9 Å². The Morgan fingerprint density at radius 2 is 1.86 bits per heavy atom. The Labute approximate surface area is 356 Å². The fourth-order valence-corrected chi connectivity index (χ4v) is 11.4. The lowest BCUT2D eigenvalue weighted by molar-refractivity contribution is -0.228. The van der Waals surface area contributed by atoms with Crippen molar-refractivity contribution in [3.63, 3.8) is 0 Å². The maximum atomic E-state index is 15.5. The van der Waals surface area contributed by atoms with E-state index in [0.29, 0.717) is 21.4 Å². The number of alkyl halides is 2. The number of esters is 3. The molecule has 14 heteroatoms. The average Bonchev–Trinajstić information content (AvgIpc) is 3.79. The van der Waals surface area contributed by atoms with Crippen molar-refractivity contribution in [3.05, 3.63) is 70.9 Å². The summed E-state index contributed by atoms with van der Waals surface area (Å²) in [5.41, 5.74) is -11.8. The number of anilines is 1. The van der Waals surface area contributed by atoms with Gasteiger partial charge in [-0.1, -0.05) is 37.2 Å². The van der Waals surface area contributed by atoms with Crippen molar-refractivity contribution in [1.82, 2.24) is 14.8 Å². The number of nitrogens with one attached hydrogen (secondary N) is 1. The standard InChI is InChI=1S/C45H54F2N4O8/c1-8-42-14-11-16-51-17-15-43(36(42)51)30-19-31(34(56-5)20-33(30)49(4)37(43)45(55,40(54)58-7)38(42)59-25(2)52)44(39(53)57-6)21-26-18-27(41(3,46)47)23-50(22-26)24-29-28-12-9-10-13-32(28)48-35(29)44/h9-14,19-20,26-27,36-38,48,55H,8,15-18,21-24H2,1-7H3/t26?,27-,36?,37-,38-,42-,43-,44+,45+/m1/s1/i11D,14D,15D2,16D2,17D2,37D,38D. The molecule has 1 aliphatic carbocycles. The summed E-state index contributed by atoms with van der Waals surface area (Å²) in [5, 5.41) is 14.3. The number of hydrogen-bond acceptors (Lipinski definition) is 11. The summed E-state index contributed by atoms with van der Waals surface area (Å²) < 4.78 is 152. The molecule has 59 heavy (non-hydrogen) atoms. The van der Waals surface area contributed by atoms with E-state index in [0.717, 1.165) is 40.0 Å². The number of fused-ring (bicyclic) bond motifs is 6. The summed E-state index contributed by atoms with van der Waals surface area (Å²) in [6, 6.07) is 1.18. The van der Waals surface area contributed by atoms with Crippen LogP contribution in [0.5, 0.6) is 5.75 Å². The lowest BCUT2D eigenvalue weighted by Crippen LogP contribution is -2.81. The third kappa shape index (κ3) is 5.17. The van der Waals surface area contributed by atoms with Crippen LogP contribution < -0.4 is 9.64 Å². The largest absolute Gasteiger partial charge is 0.496 e. The summed E-state index contributed by atoms with van der Waals surface area (Å²) in [6.07, 6.45) is -8.46. The van der Waals surface area contributed by atoms with Gasteiger partial charge in [-0.15, -0.1) is 0 Å². The van der Waals surface area contributed by atoms with E-state index in [1.807, 2.05) is 4.90 Å². The second-order valence-corrected chi connectivity index (χ2v) is 16.7. The number of benzene rings is 2. The number of halogens is 2. The van der Waals surface area contributed by atoms with E-state index in [-0.39, 0.29) is 55.2 Å². The van der Waals surface area contributed by atoms with E-state index in [9.17, 15) is 27.0 Å². The molecule has 12 nitrogen and oxygen atoms in total. The quantitative estimate of drug-likeness (QED) is 0.188. The third-order valence-corrected chi connectivity index (χ3v) is 13.7. The minimum Gasteiger partial charge on any atom is -0.496 e. The number of ether oxygens (including phenoxy) is 4. The molecule has 2 bridgehead atoms. The van der Waals surface area contributed by atoms with Crippen LogP contribution in [0.2, 0.25) is 0 Å². The Kier molecular flexibility index (Phi) is 6.78. The van der Waals surface area contributed by atoms with Crippen LogP contribution in [0.1, 0.15) is 82.5 Å². The average molecular weight is 827 g/mol. The van der Waals surface area contributed by atoms with Crippen LogP contribution >= 0.6 is 0 Å². The lowest BCUT2D eigenvalue weighted by atomic mass is 9.47. The van der Waals surface area contributed by atoms with E-state index in [1.165, 1.54) is 26.2 Å². The molecule has 5 aliphatic heterocycles. The molecule has 10 atom stereocenters. The van der Waals surface area contributed by atoms with Crippen LogP contribution in [-0.4, -0.2) is 122 Å². The van der Waals surface area contributed by atoms with Crippen molar-refractivity contribution in [2.75, 3.05) is 59.4 Å². The van der Waals surface area contributed by atoms with Gasteiger partial charge in [0, 0.05) is 105 Å². The number of aliphatic hydroxyl groups is 1. The molecule has 2 aromatic carbocycles. The van der Waals surface area contributed by atoms with E-state index in [2.05, 4.69) is 4.98 Å². The molecule has 3 aromatic rings. The molecule has 3 unspecified atom stereocenters. The number of aromatic amines is 1. The number of carbonyl (C=O) groups excluding carboxylic acids is 3. The van der Waals surface area contributed by atoms with E-state index >= 15 is 13.6 Å². The summed E-state index contributed by atoms with van der Waals surface area (Å²) >= 11 is 0. The van der Waals surface area contributed by atoms with Gasteiger partial charge in [0.1, 0.15) is 11.2 Å². The molecule has 0 amide bonds. The van der Waals surface area contributed by atoms with Gasteiger partial charge in [-0.25, -0.2) is 13.6 Å². The first kappa shape index (κ1) is 29.7. The Bertz CT molecular complexity index is 2780. The number of rotatable bonds is 7. The number of aromatic nitrogens is 1. The summed E-state index contributed by atoms with van der Waals surface area (Å²) in [5.74, 6) is -9.25. The number of piperidine rings is 1. The first-order valence-corrected chi connectivity index (χ1v) is 19.7. The van der Waals surface area contributed by atoms with Crippen molar-refractivity contribution >= 4 is 34.5 Å². The van der Waals surface area contributed by atoms with Gasteiger partial charge >= 0.3 is 17.9 Å². The molecule has 0 radical (unpaired) electrons. The molecule has 6 aliphatic rings. The van der Waals surface area contributed by atoms with Gasteiger partial charge in [-0.05, 0) is 68.2 Å². The van der Waals surface area contributed by atoms with E-state index < -0.39 is 119 Å². The monoisotopic (exact) mass is 826 g/mol. The highest BCUT2D eigenvalue weighted by Gasteiger charge is 2.80. The summed E-state index contributed by atoms with van der Waals surface area (Å²) in [6.45, 7) is -3.81. The van der Waals surface area contributed by atoms with Crippen molar-refractivity contribution in [1.29, 1.82) is 0 Å². The highest BCUT2D eigenvalue weighted by Crippen LogP contribution is 2.68. The van der Waals surface area contributed by atoms with Crippen LogP contribution in [-0.2, 0) is 46.0 Å². The maximum absolute atomic E-state index is 15.5. The molecule has 9 rings (SSSR count). The number of methoxy groups -OCH3 is 3. The fraction of sp³-hybridized carbons (Fsp3) is 0.578. The SMILES string of the molecule is [2H]C1=C([2H])[C@]2(CC)C3N(C1([2H])[2H])C([2H])([2H])C([2H])([2H])[C@@]31c3cc([C@@]4(C(=O)OC)CC5C[C@@H](C(C)(F)F)CN(Cc6c4[nH]c4ccccc64)C5)c(OC)cc3N(C)[C@@]1([2H])[C@@](O)(C(=O)OC)[C@]2([2H])OC(C)=O. The highest BCUT2D eigenvalue weighted by molar-refractivity contribution is 5.95. The molecule has 1 aromatic heterocycles. The van der Waals surface area contributed by atoms with Gasteiger partial charge in [0.2, 0.25) is 11.5 Å². The Hall–Kier alpha value is -4.53. The fourth-order valence-electron chi connectivity index (χ4n) is 11.4. The smallest absolute Gasteiger partial charge is 0.344 e. The first-order valence-electron chi connectivity index (χ1n) is 24.7. The predicted molar refractivity (Wildman–Crippen MR) is 214 cm³/mol. The van der Waals surface area contributed by atoms with Gasteiger partial charge in [-0.3, -0.25) is 19.4 Å². The molecule has 1 spiro atoms. The van der Waals surface area contributed by atoms with E-state index in [1.54, 1.807) is 24.3 Å². The third-order valence-electron chi connectivity index (χ3n) is 13.7. The molecule has 2 saturated heterocycles. The normalized spacial score (nSPS) is 43.7. The van der Waals surface area contributed by atoms with E-state index in [4.69, 9.17) is 20.3 Å². The second kappa shape index (κ2) is 13.5. The minimum atomic E-state index is -3.99. The summed E-state index contributed by atoms with van der Waals surface area (Å²) in [4.78, 5) is 50.1. The minimum absolute atomic E-state index is 0.0365. The Balaban J connectivity index is 1.50. The molecular weight excluding hydrogens is 763 g/mol. The Morgan fingerprint density at radius 1 is 1.12 bits per heavy atom. The molecule has 2 N–H and O–H groups in total. The predicted octanol–water partition coefficient (Wildman–Crippen LogP) is 5.08. The van der Waals surface area contributed by atoms with Crippen LogP contribution in [0.4, 0.5) is 14.5 Å². The van der Waals surface area contributed by atoms with Crippen LogP contribution in [0, 0.1) is 17.3 Å². The second-order valence-electron chi connectivity index (χ2n) is 16.7. The van der Waals surface area contributed by atoms with Gasteiger partial charge in [0.25, 0.3) is 0 Å². The molecule has 6 heterocycles. The highest BCUT2D eigenvalue weighted by atomic mass is 19.3. The van der Waals surface area contributed by atoms with Gasteiger partial charge in [0.15, 0.2) is 6.08 Å². The number of hydrogen-bond donors (Lipinski definition) is 2. The van der Waals surface area contributed by atoms with Crippen molar-refractivity contribution in [3.8, 4) is 5.75 Å². The van der Waals surface area contributed by atoms with Crippen molar-refractivity contribution < 1.29 is 60.9 Å². The summed E-state index contributed by atoms with van der Waals surface area (Å²) in [7, 11) is 4.28. The zero-order valence-electron chi connectivity index (χ0n) is 43.8. The van der Waals surface area contributed by atoms with Crippen LogP contribution in [0.15, 0.2) is 48.5 Å². The first-order chi connectivity index (χ1) is 31.9. The number of carbonyl (C=O) groups is 3. The number of para-hydroxylation sites is 1. The van der Waals surface area contributed by atoms with Crippen LogP contribution in [0.3, 0.4) is 0 Å². The molecule has 3 fully saturated rings. The number of H-pyrrole nitrogens is 1. The number of likely N-dealkylation sites (N-methyl/N-ethyl adjacent to an activating group) is 1. The van der Waals surface area contributed by atoms with Gasteiger partial charge in [0.05, 0.1) is 32.8 Å². The molecular formula is C45H54F2N4O8. The van der Waals surface area contributed by atoms with Gasteiger partial charge < -0.3 is 33.9 Å². The Morgan fingerprint density at radius 3 is 2.54 bits per heavy atom. The van der Waals surface area contributed by atoms with Crippen molar-refractivity contribution in [2.45, 2.75) is 93.4 Å².